The Morgan fingerprint density at radius 1 is 1.05 bits per heavy atom. The number of ether oxygens (including phenoxy) is 1. The van der Waals surface area contributed by atoms with E-state index < -0.39 is 30.1 Å². The predicted molar refractivity (Wildman–Crippen MR) is 335 cm³/mol. The van der Waals surface area contributed by atoms with Crippen LogP contribution in [0.15, 0.2) is 72.3 Å². The number of benzene rings is 3. The van der Waals surface area contributed by atoms with Crippen molar-refractivity contribution in [2.75, 3.05) is 51.0 Å². The fourth-order valence-electron chi connectivity index (χ4n) is 11.4. The molecule has 0 radical (unpaired) electrons. The molecule has 9 rings (SSSR count). The van der Waals surface area contributed by atoms with Gasteiger partial charge in [0.25, 0.3) is 5.92 Å². The maximum atomic E-state index is 15.5. The molecule has 3 aromatic carbocycles. The van der Waals surface area contributed by atoms with Gasteiger partial charge in [0.05, 0.1) is 65.2 Å². The number of nitrogens with one attached hydrogen (secondary N) is 2. The van der Waals surface area contributed by atoms with Crippen LogP contribution in [0.4, 0.5) is 24.5 Å². The van der Waals surface area contributed by atoms with Crippen LogP contribution in [-0.2, 0) is 33.3 Å². The number of hydrogen-bond acceptors (Lipinski definition) is 13. The van der Waals surface area contributed by atoms with Crippen LogP contribution in [-0.4, -0.2) is 117 Å². The molecule has 16 nitrogen and oxygen atoms in total. The van der Waals surface area contributed by atoms with Gasteiger partial charge < -0.3 is 24.1 Å². The second kappa shape index (κ2) is 33.9. The summed E-state index contributed by atoms with van der Waals surface area (Å²) in [4.78, 5) is 54.8. The van der Waals surface area contributed by atoms with E-state index in [1.54, 1.807) is 41.1 Å². The molecule has 4 fully saturated rings. The number of fused-ring (bicyclic) bond motifs is 1. The number of nitriles is 1. The van der Waals surface area contributed by atoms with Crippen LogP contribution in [0.3, 0.4) is 0 Å². The maximum Gasteiger partial charge on any atom is 1.00 e. The molecule has 0 bridgehead atoms. The first-order valence-corrected chi connectivity index (χ1v) is 30.4. The van der Waals surface area contributed by atoms with E-state index >= 15 is 8.78 Å². The molecule has 2 aromatic heterocycles. The predicted octanol–water partition coefficient (Wildman–Crippen LogP) is 10.7. The van der Waals surface area contributed by atoms with Crippen molar-refractivity contribution >= 4 is 71.2 Å². The fourth-order valence-corrected chi connectivity index (χ4v) is 11.9. The molecular weight excluding hydrogens is 1130 g/mol. The van der Waals surface area contributed by atoms with Gasteiger partial charge >= 0.3 is 29.6 Å². The van der Waals surface area contributed by atoms with E-state index in [2.05, 4.69) is 59.2 Å². The van der Waals surface area contributed by atoms with Gasteiger partial charge in [0.2, 0.25) is 17.7 Å². The van der Waals surface area contributed by atoms with Crippen LogP contribution in [0.2, 0.25) is 0 Å². The summed E-state index contributed by atoms with van der Waals surface area (Å²) in [6.07, 6.45) is 13.8. The summed E-state index contributed by atoms with van der Waals surface area (Å²) in [5, 5.41) is 21.7. The number of halogens is 3. The minimum Gasteiger partial charge on any atom is -0.466 e. The van der Waals surface area contributed by atoms with Gasteiger partial charge in [-0.15, -0.1) is 18.2 Å². The van der Waals surface area contributed by atoms with Gasteiger partial charge in [0.15, 0.2) is 11.6 Å². The topological polar surface area (TPSA) is 183 Å². The Kier molecular flexibility index (Phi) is 28.5. The zero-order valence-electron chi connectivity index (χ0n) is 52.5. The number of aliphatic imine (C=N–C) groups is 1. The summed E-state index contributed by atoms with van der Waals surface area (Å²) >= 11 is 1.27. The zero-order valence-corrected chi connectivity index (χ0v) is 55.4. The largest absolute Gasteiger partial charge is 1.00 e. The molecule has 21 heteroatoms. The molecule has 5 heterocycles. The van der Waals surface area contributed by atoms with Crippen LogP contribution in [0.25, 0.3) is 17.0 Å². The fraction of sp³-hybridized carbons (Fsp3) is 0.508. The maximum absolute atomic E-state index is 15.5. The first-order chi connectivity index (χ1) is 40.6. The quantitative estimate of drug-likeness (QED) is 0.0225. The van der Waals surface area contributed by atoms with Crippen molar-refractivity contribution in [3.63, 3.8) is 0 Å². The normalized spacial score (nSPS) is 18.0. The number of allylic oxidation sites excluding steroid dienone is 1. The average molecular weight is 1210 g/mol. The van der Waals surface area contributed by atoms with E-state index in [1.165, 1.54) is 85.0 Å². The Morgan fingerprint density at radius 3 is 2.31 bits per heavy atom. The van der Waals surface area contributed by atoms with E-state index in [0.29, 0.717) is 46.8 Å². The number of carbonyl (C=O) groups is 3. The second-order valence-corrected chi connectivity index (χ2v) is 22.9. The van der Waals surface area contributed by atoms with Crippen molar-refractivity contribution in [2.24, 2.45) is 24.5 Å². The SMILES string of the molecule is C=Cc1c(C)c(C(C)CCC(=C)C)nn1C.CC.CC.Cn1nc(C2CCC(=O)NC2=O)c2ccc(C3CCN(CC(=O)N4CCC5(CCCC5)CC4)CC3(F)F)cc21.[CH-]=Nc1ccc(Oc2c(F)ccc(NSN(C)CC)c2C#N)cc1[C-]=O.[Na+]. The molecule has 3 atom stereocenters. The number of anilines is 1. The summed E-state index contributed by atoms with van der Waals surface area (Å²) in [6, 6.07) is 14.1. The Labute approximate surface area is 534 Å². The first kappa shape index (κ1) is 72.4. The number of likely N-dealkylation sites (tertiary alicyclic amines) is 2. The molecule has 1 aliphatic carbocycles. The van der Waals surface area contributed by atoms with E-state index in [0.717, 1.165) is 56.4 Å². The number of carbonyl (C=O) groups excluding carboxylic acids is 4. The number of rotatable bonds is 17. The number of alkyl halides is 2. The molecule has 3 aliphatic heterocycles. The van der Waals surface area contributed by atoms with Crippen LogP contribution < -0.4 is 44.3 Å². The number of amides is 3. The van der Waals surface area contributed by atoms with Gasteiger partial charge in [-0.1, -0.05) is 90.4 Å². The second-order valence-electron chi connectivity index (χ2n) is 21.9. The molecule has 1 saturated carbocycles. The van der Waals surface area contributed by atoms with Crippen LogP contribution >= 0.6 is 12.1 Å². The Balaban J connectivity index is 0.000000292. The zero-order chi connectivity index (χ0) is 62.8. The average Bonchev–Trinajstić information content (AvgIpc) is 1.74. The van der Waals surface area contributed by atoms with Crippen LogP contribution in [0, 0.1) is 29.5 Å². The molecule has 2 N–H and O–H groups in total. The number of aryl methyl sites for hydroxylation is 2. The number of imide groups is 1. The molecular formula is C65H86F3N11NaO5S-. The third kappa shape index (κ3) is 18.3. The molecule has 3 unspecified atom stereocenters. The van der Waals surface area contributed by atoms with E-state index in [4.69, 9.17) is 11.5 Å². The van der Waals surface area contributed by atoms with E-state index in [9.17, 15) is 28.8 Å². The minimum atomic E-state index is -2.98. The van der Waals surface area contributed by atoms with Crippen molar-refractivity contribution in [1.29, 1.82) is 5.26 Å². The van der Waals surface area contributed by atoms with Gasteiger partial charge in [-0.05, 0) is 126 Å². The van der Waals surface area contributed by atoms with Crippen molar-refractivity contribution < 1.29 is 66.6 Å². The smallest absolute Gasteiger partial charge is 0.466 e. The Morgan fingerprint density at radius 2 is 1.73 bits per heavy atom. The molecule has 5 aromatic rings. The molecule has 1 spiro atoms. The van der Waals surface area contributed by atoms with Gasteiger partial charge in [-0.25, -0.2) is 17.5 Å². The molecule has 86 heavy (non-hydrogen) atoms. The number of aromatic nitrogens is 4. The van der Waals surface area contributed by atoms with Crippen LogP contribution in [0.5, 0.6) is 11.5 Å². The number of piperidine rings is 3. The summed E-state index contributed by atoms with van der Waals surface area (Å²) in [5.41, 5.74) is 7.73. The van der Waals surface area contributed by atoms with Crippen molar-refractivity contribution in [1.82, 2.24) is 39.0 Å². The van der Waals surface area contributed by atoms with Gasteiger partial charge in [0.1, 0.15) is 11.6 Å². The Hall–Kier alpha value is -6.08. The summed E-state index contributed by atoms with van der Waals surface area (Å²) in [6.45, 7) is 31.6. The van der Waals surface area contributed by atoms with E-state index in [-0.39, 0.29) is 95.0 Å². The molecule has 3 amide bonds. The van der Waals surface area contributed by atoms with Crippen LogP contribution in [0.1, 0.15) is 176 Å². The van der Waals surface area contributed by atoms with Crippen molar-refractivity contribution in [2.45, 2.75) is 150 Å². The van der Waals surface area contributed by atoms with Gasteiger partial charge in [0, 0.05) is 63.6 Å². The minimum absolute atomic E-state index is 0. The Bertz CT molecular complexity index is 3200. The first-order valence-electron chi connectivity index (χ1n) is 29.6. The van der Waals surface area contributed by atoms with E-state index in [1.807, 2.05) is 74.7 Å². The van der Waals surface area contributed by atoms with Crippen molar-refractivity contribution in [3.8, 4) is 17.6 Å². The molecule has 4 aliphatic rings. The van der Waals surface area contributed by atoms with Gasteiger partial charge in [-0.3, -0.25) is 34.0 Å². The number of hydrogen-bond donors (Lipinski definition) is 2. The van der Waals surface area contributed by atoms with Crippen molar-refractivity contribution in [3.05, 3.63) is 112 Å². The molecule has 3 saturated heterocycles. The molecule has 460 valence electrons. The summed E-state index contributed by atoms with van der Waals surface area (Å²) < 4.78 is 59.2. The van der Waals surface area contributed by atoms with Gasteiger partial charge in [-0.2, -0.15) is 22.2 Å². The monoisotopic (exact) mass is 1210 g/mol. The third-order valence-corrected chi connectivity index (χ3v) is 17.1. The summed E-state index contributed by atoms with van der Waals surface area (Å²) in [7, 11) is 5.58. The summed E-state index contributed by atoms with van der Waals surface area (Å²) in [5.74, 6) is -5.48. The third-order valence-electron chi connectivity index (χ3n) is 16.2. The number of nitrogens with zero attached hydrogens (tertiary/aromatic N) is 9. The standard InChI is InChI=1S/C29H37F2N5O3.C18H15FN4O2S.C14H22N2.2C2H6.Na/c1-34-23-16-19(4-5-20(23)26(33-34)21-6-7-24(37)32-27(21)39)22-8-13-35(18-29(22,30)31)17-25(38)36-14-11-28(12-15-36)9-2-3-10-28;1-4-23(3)26-22-17-8-6-15(19)18(14(17)10-20)25-13-5-7-16(21-2)12(9-13)11-24;1-7-13-12(5)14(15-16(13)6)11(4)9-8-10(2)3;2*1-2;/h4-5,16,21-22H,2-3,6-15,17-18H2,1H3,(H,32,37,39);2,5-9,22H,4H2,1,3H3;7,11H,1-2,8-9H2,3-6H3;2*1-2H3;/q;-2;;;;+1.